The van der Waals surface area contributed by atoms with Gasteiger partial charge in [0.05, 0.1) is 45.5 Å². The maximum absolute atomic E-state index is 9.13. The summed E-state index contributed by atoms with van der Waals surface area (Å²) >= 11 is 12.9. The lowest BCUT2D eigenvalue weighted by molar-refractivity contribution is 0.454. The minimum Gasteiger partial charge on any atom is -0.537 e. The van der Waals surface area contributed by atoms with Crippen LogP contribution in [0, 0.1) is 0 Å². The van der Waals surface area contributed by atoms with Gasteiger partial charge < -0.3 is 18.8 Å². The van der Waals surface area contributed by atoms with Crippen molar-refractivity contribution in [1.29, 1.82) is 0 Å². The van der Waals surface area contributed by atoms with Gasteiger partial charge in [0.2, 0.25) is 0 Å². The molecule has 0 saturated heterocycles. The van der Waals surface area contributed by atoms with Crippen LogP contribution in [0.3, 0.4) is 0 Å². The molecule has 0 aliphatic heterocycles. The average Bonchev–Trinajstić information content (AvgIpc) is 2.69. The highest BCUT2D eigenvalue weighted by Gasteiger charge is 2.19. The molecule has 14 heteroatoms. The van der Waals surface area contributed by atoms with Crippen molar-refractivity contribution in [2.45, 2.75) is 0 Å². The molecule has 0 bridgehead atoms. The number of halogens is 3. The van der Waals surface area contributed by atoms with Crippen molar-refractivity contribution < 1.29 is 9.68 Å². The van der Waals surface area contributed by atoms with E-state index in [0.717, 1.165) is 82.1 Å². The molecule has 1 N–H and O–H groups in total. The van der Waals surface area contributed by atoms with Crippen LogP contribution in [-0.4, -0.2) is 39.3 Å². The van der Waals surface area contributed by atoms with Crippen molar-refractivity contribution in [3.8, 4) is 50.5 Å². The predicted octanol–water partition coefficient (Wildman–Crippen LogP) is 19.8. The van der Waals surface area contributed by atoms with Crippen LogP contribution in [0.4, 0.5) is 0 Å². The van der Waals surface area contributed by atoms with E-state index in [2.05, 4.69) is 281 Å². The Hall–Kier alpha value is -8.34. The summed E-state index contributed by atoms with van der Waals surface area (Å²) in [5, 5.41) is 18.8. The van der Waals surface area contributed by atoms with Crippen molar-refractivity contribution in [2.24, 2.45) is 0 Å². The van der Waals surface area contributed by atoms with E-state index in [4.69, 9.17) is 9.68 Å². The second kappa shape index (κ2) is 22.2. The van der Waals surface area contributed by atoms with Crippen molar-refractivity contribution in [3.63, 3.8) is 0 Å². The fourth-order valence-corrected chi connectivity index (χ4v) is 13.9. The van der Waals surface area contributed by atoms with Gasteiger partial charge in [-0.1, -0.05) is 158 Å². The molecule has 0 amide bonds. The van der Waals surface area contributed by atoms with Gasteiger partial charge >= 0.3 is 7.69 Å². The Kier molecular flexibility index (Phi) is 14.0. The molecular formula is C68H41BBr3N6O2S2. The van der Waals surface area contributed by atoms with Crippen molar-refractivity contribution in [1.82, 2.24) is 26.6 Å². The third kappa shape index (κ3) is 9.44. The number of hydrogen-bond acceptors (Lipinski definition) is 8. The topological polar surface area (TPSA) is 90.9 Å². The van der Waals surface area contributed by atoms with Gasteiger partial charge in [0.25, 0.3) is 0 Å². The van der Waals surface area contributed by atoms with E-state index < -0.39 is 0 Å². The van der Waals surface area contributed by atoms with Crippen LogP contribution >= 0.6 is 71.2 Å². The molecule has 16 aromatic rings. The SMILES string of the molecule is Brc1ccc(-c2ccc3c(c2)c2c4ccccc4ccc2n3-c2ccc(-c3ccccc3)cc2)c2nsnc12.Brc1ccc(Br)c2nsnc12.O[B]Oc1ccc2c(c1)c1c3ccccc3ccc1n2-c1ccc(-c2ccccc2)cc1. The maximum atomic E-state index is 9.13. The highest BCUT2D eigenvalue weighted by atomic mass is 79.9. The Morgan fingerprint density at radius 2 is 0.756 bits per heavy atom. The highest BCUT2D eigenvalue weighted by molar-refractivity contribution is 9.11. The lowest BCUT2D eigenvalue weighted by atomic mass is 9.99. The number of aromatic nitrogens is 6. The largest absolute Gasteiger partial charge is 0.569 e. The lowest BCUT2D eigenvalue weighted by Gasteiger charge is -2.10. The van der Waals surface area contributed by atoms with Crippen molar-refractivity contribution >= 4 is 166 Å². The molecule has 82 heavy (non-hydrogen) atoms. The molecule has 12 aromatic carbocycles. The highest BCUT2D eigenvalue weighted by Crippen LogP contribution is 2.42. The van der Waals surface area contributed by atoms with E-state index in [1.165, 1.54) is 94.4 Å². The molecule has 0 unspecified atom stereocenters. The lowest BCUT2D eigenvalue weighted by Crippen LogP contribution is -1.99. The molecule has 4 heterocycles. The van der Waals surface area contributed by atoms with Crippen LogP contribution in [0.2, 0.25) is 0 Å². The smallest absolute Gasteiger partial charge is 0.537 e. The average molecular weight is 1290 g/mol. The fourth-order valence-electron chi connectivity index (χ4n) is 11.2. The predicted molar refractivity (Wildman–Crippen MR) is 353 cm³/mol. The van der Waals surface area contributed by atoms with Gasteiger partial charge in [0.1, 0.15) is 27.8 Å². The molecule has 0 saturated carbocycles. The van der Waals surface area contributed by atoms with Crippen LogP contribution in [0.1, 0.15) is 0 Å². The molecule has 0 spiro atoms. The summed E-state index contributed by atoms with van der Waals surface area (Å²) in [6.07, 6.45) is 0. The fraction of sp³-hybridized carbons (Fsp3) is 0. The maximum Gasteiger partial charge on any atom is 0.569 e. The number of rotatable bonds is 7. The quantitative estimate of drug-likeness (QED) is 0.160. The Morgan fingerprint density at radius 1 is 0.354 bits per heavy atom. The summed E-state index contributed by atoms with van der Waals surface area (Å²) < 4.78 is 30.3. The van der Waals surface area contributed by atoms with Crippen LogP contribution < -0.4 is 4.65 Å². The normalized spacial score (nSPS) is 11.4. The summed E-state index contributed by atoms with van der Waals surface area (Å²) in [6.45, 7) is 0. The first-order valence-electron chi connectivity index (χ1n) is 26.2. The molecule has 0 aliphatic carbocycles. The molecule has 0 atom stereocenters. The van der Waals surface area contributed by atoms with E-state index in [-0.39, 0.29) is 0 Å². The summed E-state index contributed by atoms with van der Waals surface area (Å²) in [5.41, 5.74) is 17.6. The standard InChI is InChI=1S/C34H20BrN3S.C28H19BNO2.C6H2Br2N2S/c35-29-17-16-27(33-34(29)37-39-36-33)24-13-18-30-28(20-24)32-26-9-5-4-8-23(26)12-19-31(32)38(30)25-14-10-22(11-15-25)21-6-2-1-3-7-21;31-29-32-23-15-17-26-25(18-23)28-24-9-5-4-8-21(24)12-16-27(28)30(26)22-13-10-20(11-14-22)19-6-2-1-3-7-19;7-3-1-2-4(8)6-5(3)9-11-10-6/h1-20H;1-18,31H;1-2H. The van der Waals surface area contributed by atoms with Crippen molar-refractivity contribution in [2.75, 3.05) is 0 Å². The summed E-state index contributed by atoms with van der Waals surface area (Å²) in [7, 11) is 0.723. The van der Waals surface area contributed by atoms with Crippen LogP contribution in [0.15, 0.2) is 256 Å². The molecular weight excluding hydrogens is 1250 g/mol. The zero-order valence-corrected chi connectivity index (χ0v) is 49.6. The first kappa shape index (κ1) is 51.8. The molecule has 0 aliphatic rings. The number of hydrogen-bond donors (Lipinski definition) is 1. The zero-order valence-electron chi connectivity index (χ0n) is 43.2. The van der Waals surface area contributed by atoms with Crippen LogP contribution in [0.25, 0.3) is 132 Å². The second-order valence-corrected chi connectivity index (χ2v) is 23.2. The molecule has 0 fully saturated rings. The van der Waals surface area contributed by atoms with E-state index in [1.54, 1.807) is 0 Å². The molecule has 16 rings (SSSR count). The van der Waals surface area contributed by atoms with Gasteiger partial charge in [-0.3, -0.25) is 0 Å². The molecule has 8 nitrogen and oxygen atoms in total. The second-order valence-electron chi connectivity index (χ2n) is 19.5. The zero-order chi connectivity index (χ0) is 55.3. The number of nitrogens with zero attached hydrogens (tertiary/aromatic N) is 6. The Morgan fingerprint density at radius 3 is 1.27 bits per heavy atom. The van der Waals surface area contributed by atoms with Gasteiger partial charge in [-0.25, -0.2) is 0 Å². The van der Waals surface area contributed by atoms with Gasteiger partial charge in [-0.2, -0.15) is 17.5 Å². The summed E-state index contributed by atoms with van der Waals surface area (Å²) in [5.74, 6) is 0.603. The van der Waals surface area contributed by atoms with E-state index >= 15 is 0 Å². The van der Waals surface area contributed by atoms with E-state index in [9.17, 15) is 0 Å². The molecule has 1 radical (unpaired) electrons. The monoisotopic (exact) mass is 1290 g/mol. The van der Waals surface area contributed by atoms with E-state index in [0.29, 0.717) is 5.75 Å². The van der Waals surface area contributed by atoms with Crippen molar-refractivity contribution in [3.05, 3.63) is 256 Å². The Bertz CT molecular complexity index is 5020. The molecule has 391 valence electrons. The minimum atomic E-state index is 0.603. The molecule has 4 aromatic heterocycles. The first-order valence-corrected chi connectivity index (χ1v) is 30.1. The van der Waals surface area contributed by atoms with Crippen LogP contribution in [0.5, 0.6) is 5.75 Å². The first-order chi connectivity index (χ1) is 40.4. The van der Waals surface area contributed by atoms with Gasteiger partial charge in [-0.15, -0.1) is 0 Å². The third-order valence-corrected chi connectivity index (χ3v) is 17.9. The number of fused-ring (bicyclic) bond motifs is 12. The number of benzene rings is 12. The Balaban J connectivity index is 0.000000125. The van der Waals surface area contributed by atoms with E-state index in [1.807, 2.05) is 36.4 Å². The van der Waals surface area contributed by atoms with Crippen LogP contribution in [-0.2, 0) is 0 Å². The Labute approximate surface area is 504 Å². The summed E-state index contributed by atoms with van der Waals surface area (Å²) in [6, 6.07) is 85.2. The minimum absolute atomic E-state index is 0.603. The van der Waals surface area contributed by atoms with Gasteiger partial charge in [-0.05, 0) is 182 Å². The summed E-state index contributed by atoms with van der Waals surface area (Å²) in [4.78, 5) is 0. The van der Waals surface area contributed by atoms with Gasteiger partial charge in [0, 0.05) is 51.9 Å². The third-order valence-electron chi connectivity index (χ3n) is 14.9. The van der Waals surface area contributed by atoms with Gasteiger partial charge in [0.15, 0.2) is 0 Å².